The van der Waals surface area contributed by atoms with Crippen molar-refractivity contribution in [2.75, 3.05) is 0 Å². The van der Waals surface area contributed by atoms with Crippen molar-refractivity contribution in [1.82, 2.24) is 10.1 Å². The molecule has 2 aromatic heterocycles. The maximum absolute atomic E-state index is 11.3. The molecule has 0 unspecified atom stereocenters. The van der Waals surface area contributed by atoms with E-state index < -0.39 is 5.97 Å². The van der Waals surface area contributed by atoms with Crippen molar-refractivity contribution in [2.24, 2.45) is 0 Å². The zero-order chi connectivity index (χ0) is 27.1. The number of rotatable bonds is 7. The number of halogens is 2. The third-order valence-corrected chi connectivity index (χ3v) is 7.93. The van der Waals surface area contributed by atoms with Crippen molar-refractivity contribution in [3.63, 3.8) is 0 Å². The molecular weight excluding hydrogens is 535 g/mol. The smallest absolute Gasteiger partial charge is 0.354 e. The normalized spacial score (nSPS) is 13.4. The van der Waals surface area contributed by atoms with Crippen LogP contribution in [-0.2, 0) is 6.61 Å². The average Bonchev–Trinajstić information content (AvgIpc) is 3.28. The lowest BCUT2D eigenvalue weighted by atomic mass is 9.81. The number of ether oxygens (including phenoxy) is 1. The van der Waals surface area contributed by atoms with Gasteiger partial charge in [0, 0.05) is 16.9 Å². The predicted molar refractivity (Wildman–Crippen MR) is 152 cm³/mol. The molecule has 39 heavy (non-hydrogen) atoms. The van der Waals surface area contributed by atoms with Gasteiger partial charge in [-0.25, -0.2) is 9.78 Å². The van der Waals surface area contributed by atoms with Crippen LogP contribution in [0.1, 0.15) is 52.6 Å². The summed E-state index contributed by atoms with van der Waals surface area (Å²) in [5, 5.41) is 15.5. The van der Waals surface area contributed by atoms with Gasteiger partial charge < -0.3 is 14.4 Å². The van der Waals surface area contributed by atoms with Gasteiger partial charge in [-0.05, 0) is 78.9 Å². The summed E-state index contributed by atoms with van der Waals surface area (Å²) in [7, 11) is 0. The van der Waals surface area contributed by atoms with Crippen molar-refractivity contribution < 1.29 is 19.2 Å². The topological polar surface area (TPSA) is 85.5 Å². The summed E-state index contributed by atoms with van der Waals surface area (Å²) in [6.45, 7) is 2.27. The Kier molecular flexibility index (Phi) is 6.75. The summed E-state index contributed by atoms with van der Waals surface area (Å²) in [5.74, 6) is 0.838. The average molecular weight is 559 g/mol. The van der Waals surface area contributed by atoms with Gasteiger partial charge in [0.15, 0.2) is 0 Å². The number of aryl methyl sites for hydroxylation is 1. The molecule has 0 aliphatic heterocycles. The minimum atomic E-state index is -1.04. The number of aromatic nitrogens is 2. The van der Waals surface area contributed by atoms with Gasteiger partial charge in [-0.2, -0.15) is 0 Å². The molecule has 2 heterocycles. The molecule has 3 aromatic carbocycles. The van der Waals surface area contributed by atoms with Gasteiger partial charge in [0.2, 0.25) is 0 Å². The number of carbonyl (C=O) groups is 1. The highest BCUT2D eigenvalue weighted by atomic mass is 35.5. The van der Waals surface area contributed by atoms with Crippen LogP contribution in [0.2, 0.25) is 10.0 Å². The minimum Gasteiger partial charge on any atom is -0.489 e. The van der Waals surface area contributed by atoms with Crippen LogP contribution in [0, 0.1) is 6.92 Å². The van der Waals surface area contributed by atoms with Crippen LogP contribution in [0.4, 0.5) is 0 Å². The maximum atomic E-state index is 11.3. The number of hydrogen-bond donors (Lipinski definition) is 1. The molecule has 0 radical (unpaired) electrons. The largest absolute Gasteiger partial charge is 0.489 e. The zero-order valence-electron chi connectivity index (χ0n) is 21.1. The standard InChI is InChI=1S/C31H24Cl2N2O4/c1-17-14-27-20(10-13-26(34-27)31(36)37)15-22(17)18-8-11-21(12-9-18)38-16-23-29(28-24(32)6-3-7-25(28)33)35-39-30(23)19-4-2-5-19/h3,6-15,19H,2,4-5,16H2,1H3,(H,36,37). The lowest BCUT2D eigenvalue weighted by molar-refractivity contribution is 0.0691. The first-order chi connectivity index (χ1) is 18.9. The van der Waals surface area contributed by atoms with Gasteiger partial charge >= 0.3 is 5.97 Å². The molecule has 1 aliphatic rings. The fraction of sp³-hybridized carbons (Fsp3) is 0.194. The summed E-state index contributed by atoms with van der Waals surface area (Å²) in [5.41, 5.74) is 5.90. The van der Waals surface area contributed by atoms with Crippen molar-refractivity contribution in [3.05, 3.63) is 99.4 Å². The third-order valence-electron chi connectivity index (χ3n) is 7.30. The Hall–Kier alpha value is -3.87. The van der Waals surface area contributed by atoms with Crippen molar-refractivity contribution in [3.8, 4) is 28.1 Å². The zero-order valence-corrected chi connectivity index (χ0v) is 22.6. The number of pyridine rings is 1. The third kappa shape index (κ3) is 4.86. The predicted octanol–water partition coefficient (Wildman–Crippen LogP) is 8.72. The number of hydrogen-bond acceptors (Lipinski definition) is 5. The Morgan fingerprint density at radius 3 is 2.46 bits per heavy atom. The van der Waals surface area contributed by atoms with Crippen LogP contribution in [0.15, 0.2) is 71.3 Å². The summed E-state index contributed by atoms with van der Waals surface area (Å²) in [6.07, 6.45) is 3.29. The molecule has 0 saturated heterocycles. The number of aromatic carboxylic acids is 1. The van der Waals surface area contributed by atoms with Crippen molar-refractivity contribution in [2.45, 2.75) is 38.7 Å². The molecule has 6 nitrogen and oxygen atoms in total. The van der Waals surface area contributed by atoms with Gasteiger partial charge in [0.1, 0.15) is 29.5 Å². The molecule has 5 aromatic rings. The second kappa shape index (κ2) is 10.4. The first kappa shape index (κ1) is 25.4. The van der Waals surface area contributed by atoms with E-state index in [1.807, 2.05) is 43.3 Å². The Labute approximate surface area is 235 Å². The van der Waals surface area contributed by atoms with Crippen LogP contribution < -0.4 is 4.74 Å². The second-order valence-electron chi connectivity index (χ2n) is 9.77. The molecule has 196 valence electrons. The van der Waals surface area contributed by atoms with Gasteiger partial charge in [-0.1, -0.05) is 59.0 Å². The van der Waals surface area contributed by atoms with E-state index in [0.29, 0.717) is 38.5 Å². The van der Waals surface area contributed by atoms with Crippen LogP contribution in [0.5, 0.6) is 5.75 Å². The first-order valence-corrected chi connectivity index (χ1v) is 13.5. The van der Waals surface area contributed by atoms with E-state index in [1.54, 1.807) is 24.3 Å². The molecule has 0 spiro atoms. The quantitative estimate of drug-likeness (QED) is 0.215. The number of nitrogens with zero attached hydrogens (tertiary/aromatic N) is 2. The van der Waals surface area contributed by atoms with E-state index >= 15 is 0 Å². The summed E-state index contributed by atoms with van der Waals surface area (Å²) < 4.78 is 12.0. The lowest BCUT2D eigenvalue weighted by Crippen LogP contribution is -2.11. The van der Waals surface area contributed by atoms with Gasteiger partial charge in [0.05, 0.1) is 21.1 Å². The maximum Gasteiger partial charge on any atom is 0.354 e. The van der Waals surface area contributed by atoms with E-state index in [4.69, 9.17) is 32.5 Å². The van der Waals surface area contributed by atoms with Crippen molar-refractivity contribution >= 4 is 40.1 Å². The second-order valence-corrected chi connectivity index (χ2v) is 10.6. The first-order valence-electron chi connectivity index (χ1n) is 12.7. The summed E-state index contributed by atoms with van der Waals surface area (Å²) in [4.78, 5) is 15.5. The SMILES string of the molecule is Cc1cc2nc(C(=O)O)ccc2cc1-c1ccc(OCc2c(-c3c(Cl)cccc3Cl)noc2C2CCC2)cc1. The van der Waals surface area contributed by atoms with Crippen molar-refractivity contribution in [1.29, 1.82) is 0 Å². The molecule has 1 saturated carbocycles. The van der Waals surface area contributed by atoms with Gasteiger partial charge in [-0.3, -0.25) is 0 Å². The number of fused-ring (bicyclic) bond motifs is 1. The van der Waals surface area contributed by atoms with Crippen LogP contribution in [0.25, 0.3) is 33.3 Å². The Bertz CT molecular complexity index is 1690. The fourth-order valence-corrected chi connectivity index (χ4v) is 5.54. The molecule has 0 atom stereocenters. The molecule has 1 aliphatic carbocycles. The van der Waals surface area contributed by atoms with Crippen LogP contribution in [-0.4, -0.2) is 21.2 Å². The van der Waals surface area contributed by atoms with Crippen LogP contribution in [0.3, 0.4) is 0 Å². The Morgan fingerprint density at radius 2 is 1.79 bits per heavy atom. The molecule has 1 N–H and O–H groups in total. The van der Waals surface area contributed by atoms with E-state index in [1.165, 1.54) is 12.5 Å². The molecule has 0 amide bonds. The van der Waals surface area contributed by atoms with E-state index in [2.05, 4.69) is 10.1 Å². The summed E-state index contributed by atoms with van der Waals surface area (Å²) in [6, 6.07) is 20.5. The van der Waals surface area contributed by atoms with E-state index in [-0.39, 0.29) is 12.3 Å². The molecular formula is C31H24Cl2N2O4. The Balaban J connectivity index is 1.27. The van der Waals surface area contributed by atoms with Gasteiger partial charge in [-0.15, -0.1) is 0 Å². The van der Waals surface area contributed by atoms with E-state index in [9.17, 15) is 9.90 Å². The highest BCUT2D eigenvalue weighted by Crippen LogP contribution is 2.44. The lowest BCUT2D eigenvalue weighted by Gasteiger charge is -2.23. The van der Waals surface area contributed by atoms with E-state index in [0.717, 1.165) is 46.2 Å². The highest BCUT2D eigenvalue weighted by molar-refractivity contribution is 6.39. The number of benzene rings is 3. The highest BCUT2D eigenvalue weighted by Gasteiger charge is 2.30. The molecule has 6 rings (SSSR count). The Morgan fingerprint density at radius 1 is 1.05 bits per heavy atom. The van der Waals surface area contributed by atoms with Gasteiger partial charge in [0.25, 0.3) is 0 Å². The molecule has 1 fully saturated rings. The minimum absolute atomic E-state index is 0.0319. The molecule has 0 bridgehead atoms. The van der Waals surface area contributed by atoms with Crippen LogP contribution >= 0.6 is 23.2 Å². The summed E-state index contributed by atoms with van der Waals surface area (Å²) >= 11 is 13.0. The number of carboxylic acid groups (broad SMARTS) is 1. The number of carboxylic acids is 1. The monoisotopic (exact) mass is 558 g/mol. The fourth-order valence-electron chi connectivity index (χ4n) is 4.96. The molecule has 8 heteroatoms.